The van der Waals surface area contributed by atoms with Gasteiger partial charge in [-0.2, -0.15) is 0 Å². The van der Waals surface area contributed by atoms with Crippen LogP contribution in [0.2, 0.25) is 0 Å². The SMILES string of the molecule is CCC1NCCc2ccc(N=C(N)c3ccccc3S)cc21. The second-order valence-electron chi connectivity index (χ2n) is 5.56. The Balaban J connectivity index is 1.96. The molecule has 2 aromatic carbocycles. The number of rotatable bonds is 3. The molecule has 22 heavy (non-hydrogen) atoms. The number of fused-ring (bicyclic) bond motifs is 1. The lowest BCUT2D eigenvalue weighted by atomic mass is 9.92. The Morgan fingerprint density at radius 2 is 2.14 bits per heavy atom. The van der Waals surface area contributed by atoms with Crippen LogP contribution in [0.3, 0.4) is 0 Å². The lowest BCUT2D eigenvalue weighted by Crippen LogP contribution is -2.29. The third-order valence-electron chi connectivity index (χ3n) is 4.13. The second-order valence-corrected chi connectivity index (χ2v) is 6.04. The van der Waals surface area contributed by atoms with Gasteiger partial charge in [-0.05, 0) is 48.7 Å². The van der Waals surface area contributed by atoms with E-state index in [-0.39, 0.29) is 0 Å². The number of aliphatic imine (C=N–C) groups is 1. The highest BCUT2D eigenvalue weighted by Gasteiger charge is 2.18. The minimum atomic E-state index is 0.414. The van der Waals surface area contributed by atoms with Crippen LogP contribution in [0.5, 0.6) is 0 Å². The molecule has 1 heterocycles. The summed E-state index contributed by atoms with van der Waals surface area (Å²) in [6.45, 7) is 3.25. The average Bonchev–Trinajstić information content (AvgIpc) is 2.54. The smallest absolute Gasteiger partial charge is 0.132 e. The first kappa shape index (κ1) is 15.1. The third-order valence-corrected chi connectivity index (χ3v) is 4.52. The fourth-order valence-corrected chi connectivity index (χ4v) is 3.22. The normalized spacial score (nSPS) is 18.1. The van der Waals surface area contributed by atoms with Gasteiger partial charge in [0.05, 0.1) is 5.69 Å². The molecule has 0 bridgehead atoms. The number of amidine groups is 1. The van der Waals surface area contributed by atoms with Crippen LogP contribution < -0.4 is 11.1 Å². The lowest BCUT2D eigenvalue weighted by molar-refractivity contribution is 0.493. The third kappa shape index (κ3) is 3.03. The van der Waals surface area contributed by atoms with Crippen molar-refractivity contribution in [2.24, 2.45) is 10.7 Å². The largest absolute Gasteiger partial charge is 0.383 e. The number of nitrogens with one attached hydrogen (secondary N) is 1. The molecule has 0 spiro atoms. The molecule has 114 valence electrons. The zero-order valence-corrected chi connectivity index (χ0v) is 13.6. The highest BCUT2D eigenvalue weighted by Crippen LogP contribution is 2.29. The van der Waals surface area contributed by atoms with Crippen LogP contribution in [-0.2, 0) is 6.42 Å². The van der Waals surface area contributed by atoms with Crippen molar-refractivity contribution >= 4 is 24.2 Å². The number of nitrogens with zero attached hydrogens (tertiary/aromatic N) is 1. The van der Waals surface area contributed by atoms with E-state index in [4.69, 9.17) is 5.73 Å². The van der Waals surface area contributed by atoms with E-state index in [1.807, 2.05) is 30.3 Å². The van der Waals surface area contributed by atoms with Gasteiger partial charge in [-0.15, -0.1) is 12.6 Å². The number of thiol groups is 1. The van der Waals surface area contributed by atoms with E-state index in [2.05, 4.69) is 42.0 Å². The summed E-state index contributed by atoms with van der Waals surface area (Å²) in [5.74, 6) is 0.502. The summed E-state index contributed by atoms with van der Waals surface area (Å²) in [6.07, 6.45) is 2.15. The predicted octanol–water partition coefficient (Wildman–Crippen LogP) is 3.61. The highest BCUT2D eigenvalue weighted by atomic mass is 32.1. The van der Waals surface area contributed by atoms with E-state index in [1.165, 1.54) is 11.1 Å². The zero-order chi connectivity index (χ0) is 15.5. The number of benzene rings is 2. The molecule has 3 N–H and O–H groups in total. The van der Waals surface area contributed by atoms with Gasteiger partial charge in [0.1, 0.15) is 5.84 Å². The Bertz CT molecular complexity index is 709. The molecular formula is C18H21N3S. The molecule has 1 aliphatic heterocycles. The number of nitrogens with two attached hydrogens (primary N) is 1. The first-order chi connectivity index (χ1) is 10.7. The van der Waals surface area contributed by atoms with Gasteiger partial charge in [0.25, 0.3) is 0 Å². The van der Waals surface area contributed by atoms with E-state index in [0.717, 1.165) is 35.5 Å². The van der Waals surface area contributed by atoms with Gasteiger partial charge in [0.2, 0.25) is 0 Å². The molecule has 3 rings (SSSR count). The van der Waals surface area contributed by atoms with Gasteiger partial charge in [0, 0.05) is 16.5 Å². The van der Waals surface area contributed by atoms with Crippen molar-refractivity contribution in [3.63, 3.8) is 0 Å². The summed E-state index contributed by atoms with van der Waals surface area (Å²) < 4.78 is 0. The summed E-state index contributed by atoms with van der Waals surface area (Å²) >= 11 is 4.44. The summed E-state index contributed by atoms with van der Waals surface area (Å²) in [4.78, 5) is 5.43. The van der Waals surface area contributed by atoms with Gasteiger partial charge in [-0.25, -0.2) is 4.99 Å². The van der Waals surface area contributed by atoms with Crippen LogP contribution in [0.15, 0.2) is 52.4 Å². The van der Waals surface area contributed by atoms with Gasteiger partial charge < -0.3 is 11.1 Å². The Kier molecular flexibility index (Phi) is 4.50. The van der Waals surface area contributed by atoms with Gasteiger partial charge in [0.15, 0.2) is 0 Å². The zero-order valence-electron chi connectivity index (χ0n) is 12.7. The molecule has 0 amide bonds. The number of hydrogen-bond acceptors (Lipinski definition) is 3. The molecule has 3 nitrogen and oxygen atoms in total. The second kappa shape index (κ2) is 6.55. The van der Waals surface area contributed by atoms with Crippen LogP contribution in [0, 0.1) is 0 Å². The van der Waals surface area contributed by atoms with Crippen molar-refractivity contribution < 1.29 is 0 Å². The van der Waals surface area contributed by atoms with Crippen molar-refractivity contribution in [1.29, 1.82) is 0 Å². The maximum absolute atomic E-state index is 6.16. The molecular weight excluding hydrogens is 290 g/mol. The van der Waals surface area contributed by atoms with E-state index in [0.29, 0.717) is 11.9 Å². The monoisotopic (exact) mass is 311 g/mol. The summed E-state index contributed by atoms with van der Waals surface area (Å²) in [6, 6.07) is 14.5. The topological polar surface area (TPSA) is 50.4 Å². The van der Waals surface area contributed by atoms with Gasteiger partial charge >= 0.3 is 0 Å². The molecule has 0 saturated heterocycles. The first-order valence-electron chi connectivity index (χ1n) is 7.67. The van der Waals surface area contributed by atoms with Crippen molar-refractivity contribution in [3.8, 4) is 0 Å². The van der Waals surface area contributed by atoms with E-state index >= 15 is 0 Å². The lowest BCUT2D eigenvalue weighted by Gasteiger charge is -2.26. The quantitative estimate of drug-likeness (QED) is 0.461. The molecule has 0 aliphatic carbocycles. The molecule has 0 saturated carbocycles. The Morgan fingerprint density at radius 3 is 2.91 bits per heavy atom. The van der Waals surface area contributed by atoms with Crippen LogP contribution >= 0.6 is 12.6 Å². The van der Waals surface area contributed by atoms with Crippen LogP contribution in [0.4, 0.5) is 5.69 Å². The molecule has 0 radical (unpaired) electrons. The molecule has 1 aliphatic rings. The standard InChI is InChI=1S/C18H21N3S/c1-2-16-15-11-13(8-7-12(15)9-10-20-16)21-18(19)14-5-3-4-6-17(14)22/h3-8,11,16,20,22H,2,9-10H2,1H3,(H2,19,21). The Morgan fingerprint density at radius 1 is 1.32 bits per heavy atom. The fourth-order valence-electron chi connectivity index (χ4n) is 2.95. The van der Waals surface area contributed by atoms with Gasteiger partial charge in [-0.1, -0.05) is 31.2 Å². The number of hydrogen-bond donors (Lipinski definition) is 3. The Hall–Kier alpha value is -1.78. The summed E-state index contributed by atoms with van der Waals surface area (Å²) in [5.41, 5.74) is 10.7. The summed E-state index contributed by atoms with van der Waals surface area (Å²) in [5, 5.41) is 3.55. The van der Waals surface area contributed by atoms with E-state index < -0.39 is 0 Å². The fraction of sp³-hybridized carbons (Fsp3) is 0.278. The minimum Gasteiger partial charge on any atom is -0.383 e. The molecule has 1 atom stereocenters. The molecule has 2 aromatic rings. The van der Waals surface area contributed by atoms with Crippen molar-refractivity contribution in [2.75, 3.05) is 6.54 Å². The van der Waals surface area contributed by atoms with Crippen molar-refractivity contribution in [3.05, 3.63) is 59.2 Å². The van der Waals surface area contributed by atoms with Crippen molar-refractivity contribution in [2.45, 2.75) is 30.7 Å². The minimum absolute atomic E-state index is 0.414. The van der Waals surface area contributed by atoms with E-state index in [1.54, 1.807) is 0 Å². The van der Waals surface area contributed by atoms with Crippen LogP contribution in [0.1, 0.15) is 36.1 Å². The van der Waals surface area contributed by atoms with Crippen LogP contribution in [-0.4, -0.2) is 12.4 Å². The van der Waals surface area contributed by atoms with Crippen molar-refractivity contribution in [1.82, 2.24) is 5.32 Å². The molecule has 0 aromatic heterocycles. The average molecular weight is 311 g/mol. The van der Waals surface area contributed by atoms with E-state index in [9.17, 15) is 0 Å². The Labute approximate surface area is 137 Å². The van der Waals surface area contributed by atoms with Gasteiger partial charge in [-0.3, -0.25) is 0 Å². The summed E-state index contributed by atoms with van der Waals surface area (Å²) in [7, 11) is 0. The maximum Gasteiger partial charge on any atom is 0.132 e. The molecule has 1 unspecified atom stereocenters. The maximum atomic E-state index is 6.16. The highest BCUT2D eigenvalue weighted by molar-refractivity contribution is 7.80. The molecule has 0 fully saturated rings. The predicted molar refractivity (Wildman–Crippen MR) is 95.3 cm³/mol. The van der Waals surface area contributed by atoms with Crippen LogP contribution in [0.25, 0.3) is 0 Å². The molecule has 4 heteroatoms. The first-order valence-corrected chi connectivity index (χ1v) is 8.12.